The molecule has 2 aliphatic rings. The molecular formula is C34H40CuN4O6Si. The van der Waals surface area contributed by atoms with E-state index in [1.54, 1.807) is 13.0 Å². The van der Waals surface area contributed by atoms with Crippen molar-refractivity contribution < 1.29 is 46.8 Å². The molecule has 0 fully saturated rings. The molecule has 8 bridgehead atoms. The number of H-pyrrole nitrogens is 2. The number of nitrogens with one attached hydrogen (secondary N) is 2. The van der Waals surface area contributed by atoms with Crippen molar-refractivity contribution >= 4 is 68.2 Å². The van der Waals surface area contributed by atoms with E-state index in [4.69, 9.17) is 9.97 Å². The minimum Gasteiger partial charge on any atom is -0.481 e. The van der Waals surface area contributed by atoms with Crippen molar-refractivity contribution in [3.63, 3.8) is 0 Å². The fourth-order valence-corrected chi connectivity index (χ4v) is 6.53. The maximum Gasteiger partial charge on any atom is 0.338 e. The molecule has 3 aromatic rings. The van der Waals surface area contributed by atoms with Crippen LogP contribution in [-0.4, -0.2) is 64.1 Å². The Bertz CT molecular complexity index is 1960. The van der Waals surface area contributed by atoms with Crippen molar-refractivity contribution in [2.45, 2.75) is 72.1 Å². The first-order chi connectivity index (χ1) is 20.9. The Morgan fingerprint density at radius 3 is 2.15 bits per heavy atom. The van der Waals surface area contributed by atoms with Crippen LogP contribution < -0.4 is 0 Å². The van der Waals surface area contributed by atoms with E-state index < -0.39 is 30.2 Å². The second-order valence-corrected chi connectivity index (χ2v) is 11.5. The SMILES string of the molecule is C=Cc1c(C)c2cc3nc(c(CC(=O)O)c4nc(cc5[nH]c(cc1[nH]2)c(C)c5CC)C(C)=C4C(=O)O)[C@@H](CCC(=O)O)[C@@H]3C.[Cu].[SiH4]. The van der Waals surface area contributed by atoms with Gasteiger partial charge >= 0.3 is 17.9 Å². The summed E-state index contributed by atoms with van der Waals surface area (Å²) in [6.07, 6.45) is 2.03. The van der Waals surface area contributed by atoms with E-state index in [1.165, 1.54) is 0 Å². The van der Waals surface area contributed by atoms with E-state index in [9.17, 15) is 29.7 Å². The molecule has 0 spiro atoms. The fraction of sp³-hybridized carbons (Fsp3) is 0.324. The molecule has 0 saturated heterocycles. The number of nitrogens with zero attached hydrogens (tertiary/aromatic N) is 2. The molecule has 0 saturated carbocycles. The maximum absolute atomic E-state index is 12.7. The van der Waals surface area contributed by atoms with Crippen LogP contribution in [0.3, 0.4) is 0 Å². The Labute approximate surface area is 281 Å². The predicted molar refractivity (Wildman–Crippen MR) is 181 cm³/mol. The zero-order valence-corrected chi connectivity index (χ0v) is 26.7. The number of aromatic amines is 2. The van der Waals surface area contributed by atoms with Crippen LogP contribution in [0, 0.1) is 13.8 Å². The molecule has 5 rings (SSSR count). The predicted octanol–water partition coefficient (Wildman–Crippen LogP) is 5.08. The molecule has 0 aromatic carbocycles. The summed E-state index contributed by atoms with van der Waals surface area (Å²) in [6, 6.07) is 5.75. The van der Waals surface area contributed by atoms with Crippen molar-refractivity contribution in [1.29, 1.82) is 0 Å². The average Bonchev–Trinajstić information content (AvgIpc) is 3.63. The van der Waals surface area contributed by atoms with Crippen molar-refractivity contribution in [2.24, 2.45) is 0 Å². The molecule has 247 valence electrons. The van der Waals surface area contributed by atoms with Gasteiger partial charge in [0, 0.05) is 74.2 Å². The van der Waals surface area contributed by atoms with Crippen LogP contribution >= 0.6 is 0 Å². The van der Waals surface area contributed by atoms with Gasteiger partial charge in [-0.3, -0.25) is 14.6 Å². The van der Waals surface area contributed by atoms with Crippen LogP contribution in [0.2, 0.25) is 0 Å². The molecule has 10 nitrogen and oxygen atoms in total. The van der Waals surface area contributed by atoms with Crippen LogP contribution in [0.1, 0.15) is 96.0 Å². The molecule has 3 aromatic heterocycles. The summed E-state index contributed by atoms with van der Waals surface area (Å²) >= 11 is 0. The Morgan fingerprint density at radius 2 is 1.57 bits per heavy atom. The molecular weight excluding hydrogens is 652 g/mol. The number of aliphatic carboxylic acids is 3. The molecule has 1 radical (unpaired) electrons. The normalized spacial score (nSPS) is 15.6. The van der Waals surface area contributed by atoms with Crippen molar-refractivity contribution in [3.8, 4) is 0 Å². The topological polar surface area (TPSA) is 169 Å². The number of carboxylic acid groups (broad SMARTS) is 3. The largest absolute Gasteiger partial charge is 0.481 e. The molecule has 0 amide bonds. The number of carboxylic acids is 3. The average molecular weight is 692 g/mol. The van der Waals surface area contributed by atoms with Crippen LogP contribution in [0.25, 0.3) is 39.3 Å². The fourth-order valence-electron chi connectivity index (χ4n) is 6.53. The van der Waals surface area contributed by atoms with Crippen molar-refractivity contribution in [2.75, 3.05) is 0 Å². The summed E-state index contributed by atoms with van der Waals surface area (Å²) < 4.78 is 0. The van der Waals surface area contributed by atoms with Gasteiger partial charge in [-0.25, -0.2) is 9.78 Å². The summed E-state index contributed by atoms with van der Waals surface area (Å²) in [6.45, 7) is 13.7. The van der Waals surface area contributed by atoms with Crippen molar-refractivity contribution in [3.05, 3.63) is 75.4 Å². The first-order valence-electron chi connectivity index (χ1n) is 14.6. The molecule has 2 atom stereocenters. The number of hydrogen-bond donors (Lipinski definition) is 5. The van der Waals surface area contributed by atoms with Gasteiger partial charge in [0.05, 0.1) is 29.1 Å². The van der Waals surface area contributed by atoms with Gasteiger partial charge in [-0.1, -0.05) is 26.5 Å². The van der Waals surface area contributed by atoms with E-state index in [0.717, 1.165) is 44.3 Å². The third-order valence-electron chi connectivity index (χ3n) is 8.94. The minimum absolute atomic E-state index is 0. The van der Waals surface area contributed by atoms with Gasteiger partial charge in [0.15, 0.2) is 0 Å². The Kier molecular flexibility index (Phi) is 11.0. The van der Waals surface area contributed by atoms with Gasteiger partial charge in [-0.05, 0) is 85.0 Å². The number of rotatable bonds is 8. The van der Waals surface area contributed by atoms with Gasteiger partial charge in [-0.2, -0.15) is 0 Å². The first-order valence-corrected chi connectivity index (χ1v) is 14.6. The first kappa shape index (κ1) is 36.2. The number of fused-ring (bicyclic) bond motifs is 8. The summed E-state index contributed by atoms with van der Waals surface area (Å²) in [5.41, 5.74) is 9.23. The number of aromatic nitrogens is 4. The van der Waals surface area contributed by atoms with E-state index >= 15 is 0 Å². The Morgan fingerprint density at radius 1 is 0.913 bits per heavy atom. The maximum atomic E-state index is 12.7. The summed E-state index contributed by atoms with van der Waals surface area (Å²) in [5, 5.41) is 29.9. The molecule has 0 unspecified atom stereocenters. The summed E-state index contributed by atoms with van der Waals surface area (Å²) in [7, 11) is 0. The monoisotopic (exact) mass is 691 g/mol. The second kappa shape index (κ2) is 14.0. The van der Waals surface area contributed by atoms with Gasteiger partial charge in [-0.15, -0.1) is 0 Å². The third-order valence-corrected chi connectivity index (χ3v) is 8.94. The summed E-state index contributed by atoms with van der Waals surface area (Å²) in [5.74, 6) is -4.13. The van der Waals surface area contributed by atoms with E-state index in [-0.39, 0.29) is 63.6 Å². The minimum atomic E-state index is -1.23. The number of allylic oxidation sites excluding steroid dienone is 1. The number of hydrogen-bond acceptors (Lipinski definition) is 5. The molecule has 12 heteroatoms. The third kappa shape index (κ3) is 6.38. The molecule has 5 heterocycles. The van der Waals surface area contributed by atoms with Gasteiger partial charge in [0.1, 0.15) is 0 Å². The molecule has 0 aliphatic carbocycles. The second-order valence-electron chi connectivity index (χ2n) is 11.5. The number of aryl methyl sites for hydroxylation is 3. The van der Waals surface area contributed by atoms with E-state index in [2.05, 4.69) is 16.5 Å². The van der Waals surface area contributed by atoms with E-state index in [0.29, 0.717) is 29.1 Å². The van der Waals surface area contributed by atoms with Crippen LogP contribution in [-0.2, 0) is 44.3 Å². The van der Waals surface area contributed by atoms with Crippen LogP contribution in [0.5, 0.6) is 0 Å². The standard InChI is InChI=1S/C34H36N4O6.Cu.H4Si/c1-7-19-15(3)23-12-25-17(5)21(9-10-29(39)40)32(37-25)22(11-30(41)42)33-31(34(43)44)18(6)26(38-33)14-28-20(8-2)16(4)24(36-28)13-27(19)35-23;;/h7,12-14,17,21,35-36H,1,8-11H2,2-6H3,(H,39,40)(H,41,42)(H,43,44);;1H4/t17-,21-;;/m0../s1. The van der Waals surface area contributed by atoms with E-state index in [1.807, 2.05) is 45.9 Å². The zero-order valence-electron chi connectivity index (χ0n) is 25.8. The van der Waals surface area contributed by atoms with Crippen LogP contribution in [0.4, 0.5) is 0 Å². The smallest absolute Gasteiger partial charge is 0.338 e. The van der Waals surface area contributed by atoms with Crippen LogP contribution in [0.15, 0.2) is 24.8 Å². The molecule has 2 aliphatic heterocycles. The van der Waals surface area contributed by atoms with Gasteiger partial charge in [0.2, 0.25) is 0 Å². The Balaban J connectivity index is 0.00000288. The molecule has 46 heavy (non-hydrogen) atoms. The Hall–Kier alpha value is -4.25. The van der Waals surface area contributed by atoms with Gasteiger partial charge in [0.25, 0.3) is 0 Å². The number of carbonyl (C=O) groups is 3. The summed E-state index contributed by atoms with van der Waals surface area (Å²) in [4.78, 5) is 53.2. The molecule has 5 N–H and O–H groups in total. The van der Waals surface area contributed by atoms with Crippen molar-refractivity contribution in [1.82, 2.24) is 19.9 Å². The quantitative estimate of drug-likeness (QED) is 0.204. The zero-order chi connectivity index (χ0) is 32.0. The van der Waals surface area contributed by atoms with Gasteiger partial charge < -0.3 is 25.3 Å².